The fraction of sp³-hybridized carbons (Fsp3) is 0.182. The van der Waals surface area contributed by atoms with Crippen molar-refractivity contribution in [3.63, 3.8) is 0 Å². The van der Waals surface area contributed by atoms with Gasteiger partial charge in [0.15, 0.2) is 0 Å². The highest BCUT2D eigenvalue weighted by Crippen LogP contribution is 2.34. The van der Waals surface area contributed by atoms with Crippen molar-refractivity contribution in [2.75, 3.05) is 28.4 Å². The zero-order valence-corrected chi connectivity index (χ0v) is 32.1. The third kappa shape index (κ3) is 12.1. The Hall–Kier alpha value is -7.92. The van der Waals surface area contributed by atoms with E-state index in [1.54, 1.807) is 60.7 Å². The van der Waals surface area contributed by atoms with Crippen molar-refractivity contribution in [2.45, 2.75) is 27.9 Å². The summed E-state index contributed by atoms with van der Waals surface area (Å²) in [5.74, 6) is -0.786. The number of hydrogen-bond donors (Lipinski definition) is 2. The Kier molecular flexibility index (Phi) is 18.5. The average Bonchev–Trinajstić information content (AvgIpc) is 3.25. The van der Waals surface area contributed by atoms with Gasteiger partial charge in [-0.3, -0.25) is 39.0 Å². The zero-order valence-electron chi connectivity index (χ0n) is 32.1. The van der Waals surface area contributed by atoms with E-state index in [9.17, 15) is 44.5 Å². The van der Waals surface area contributed by atoms with Gasteiger partial charge < -0.3 is 24.4 Å². The second-order valence-corrected chi connectivity index (χ2v) is 12.2. The molecule has 0 fully saturated rings. The SMILES string of the molecule is C.C.CO.COC(=O)c1cccc(=O)n1Cc1ccc(OC)c(-c2cccc([N+](=O)[O-])c2)c1.COc1ccc(Cn2c(C(=O)O)cccc2=O)cc1-c1cccc([N+](=O)[O-])c1. The number of methoxy groups -OCH3 is 3. The fourth-order valence-electron chi connectivity index (χ4n) is 5.93. The lowest BCUT2D eigenvalue weighted by molar-refractivity contribution is -0.385. The normalized spacial score (nSPS) is 9.85. The number of aliphatic hydroxyl groups excluding tert-OH is 1. The number of carboxylic acids is 1. The van der Waals surface area contributed by atoms with Gasteiger partial charge in [-0.05, 0) is 58.7 Å². The van der Waals surface area contributed by atoms with Crippen LogP contribution < -0.4 is 20.6 Å². The van der Waals surface area contributed by atoms with Crippen molar-refractivity contribution in [1.82, 2.24) is 9.13 Å². The maximum Gasteiger partial charge on any atom is 0.354 e. The Morgan fingerprint density at radius 3 is 1.36 bits per heavy atom. The molecular formula is C44H46N4O13. The lowest BCUT2D eigenvalue weighted by atomic mass is 10.0. The van der Waals surface area contributed by atoms with E-state index in [1.807, 2.05) is 0 Å². The molecular weight excluding hydrogens is 792 g/mol. The number of hydrogen-bond acceptors (Lipinski definition) is 12. The standard InChI is InChI=1S/C21H18N2O6.C20H16N2O6.CH4O.2CH4/c1-28-19-10-9-14(11-17(19)15-5-3-6-16(12-15)23(26)27)13-22-18(21(25)29-2)7-4-8-20(22)24;1-28-18-9-8-13(12-21-17(20(24)25)6-3-7-19(21)23)10-16(18)14-4-2-5-15(11-14)22(26)27;1-2;;/h3-12H,13H2,1-2H3;2-11H,12H2,1H3,(H,24,25);2H,1H3;2*1H4. The quantitative estimate of drug-likeness (QED) is 0.0699. The first kappa shape index (κ1) is 49.2. The number of aromatic carboxylic acids is 1. The lowest BCUT2D eigenvalue weighted by Crippen LogP contribution is -2.26. The molecule has 0 aliphatic carbocycles. The molecule has 0 amide bonds. The highest BCUT2D eigenvalue weighted by atomic mass is 16.6. The van der Waals surface area contributed by atoms with Gasteiger partial charge >= 0.3 is 11.9 Å². The fourth-order valence-corrected chi connectivity index (χ4v) is 5.93. The Labute approximate surface area is 350 Å². The topological polar surface area (TPSA) is 233 Å². The number of carbonyl (C=O) groups is 2. The number of pyridine rings is 2. The predicted octanol–water partition coefficient (Wildman–Crippen LogP) is 7.33. The summed E-state index contributed by atoms with van der Waals surface area (Å²) in [5.41, 5.74) is 2.91. The first-order valence-electron chi connectivity index (χ1n) is 17.3. The van der Waals surface area contributed by atoms with Gasteiger partial charge in [-0.2, -0.15) is 0 Å². The van der Waals surface area contributed by atoms with E-state index in [1.165, 1.54) is 86.6 Å². The molecule has 0 aliphatic heterocycles. The monoisotopic (exact) mass is 838 g/mol. The van der Waals surface area contributed by atoms with E-state index in [0.29, 0.717) is 44.9 Å². The second-order valence-electron chi connectivity index (χ2n) is 12.2. The number of carboxylic acid groups (broad SMARTS) is 1. The Morgan fingerprint density at radius 1 is 0.590 bits per heavy atom. The molecule has 17 nitrogen and oxygen atoms in total. The van der Waals surface area contributed by atoms with E-state index in [4.69, 9.17) is 19.3 Å². The number of nitro groups is 2. The minimum absolute atomic E-state index is 0. The summed E-state index contributed by atoms with van der Waals surface area (Å²) in [4.78, 5) is 69.1. The Morgan fingerprint density at radius 2 is 0.984 bits per heavy atom. The number of ether oxygens (including phenoxy) is 3. The summed E-state index contributed by atoms with van der Waals surface area (Å²) in [6.07, 6.45) is 0. The molecule has 2 aromatic heterocycles. The molecule has 2 heterocycles. The molecule has 0 saturated carbocycles. The number of nitrogens with zero attached hydrogens (tertiary/aromatic N) is 4. The summed E-state index contributed by atoms with van der Waals surface area (Å²) in [6.45, 7) is 0.156. The van der Waals surface area contributed by atoms with Crippen LogP contribution in [0.2, 0.25) is 0 Å². The highest BCUT2D eigenvalue weighted by molar-refractivity contribution is 5.87. The number of aliphatic hydroxyl groups is 1. The molecule has 320 valence electrons. The van der Waals surface area contributed by atoms with Crippen molar-refractivity contribution in [1.29, 1.82) is 0 Å². The van der Waals surface area contributed by atoms with E-state index in [2.05, 4.69) is 0 Å². The predicted molar refractivity (Wildman–Crippen MR) is 230 cm³/mol. The number of carbonyl (C=O) groups excluding carboxylic acids is 1. The average molecular weight is 839 g/mol. The number of non-ortho nitro benzene ring substituents is 2. The summed E-state index contributed by atoms with van der Waals surface area (Å²) >= 11 is 0. The molecule has 0 aliphatic rings. The summed E-state index contributed by atoms with van der Waals surface area (Å²) < 4.78 is 18.0. The first-order valence-corrected chi connectivity index (χ1v) is 17.3. The smallest absolute Gasteiger partial charge is 0.354 e. The van der Waals surface area contributed by atoms with E-state index in [-0.39, 0.29) is 56.3 Å². The van der Waals surface area contributed by atoms with E-state index in [0.717, 1.165) is 11.7 Å². The molecule has 2 N–H and O–H groups in total. The number of esters is 1. The molecule has 61 heavy (non-hydrogen) atoms. The van der Waals surface area contributed by atoms with Gasteiger partial charge in [0.2, 0.25) is 0 Å². The molecule has 17 heteroatoms. The van der Waals surface area contributed by atoms with Crippen LogP contribution in [0.5, 0.6) is 11.5 Å². The minimum Gasteiger partial charge on any atom is -0.496 e. The second kappa shape index (κ2) is 22.9. The molecule has 0 atom stereocenters. The van der Waals surface area contributed by atoms with Crippen LogP contribution in [0.25, 0.3) is 22.3 Å². The number of benzene rings is 4. The van der Waals surface area contributed by atoms with Gasteiger partial charge in [0.25, 0.3) is 22.5 Å². The van der Waals surface area contributed by atoms with Crippen molar-refractivity contribution < 1.29 is 43.9 Å². The summed E-state index contributed by atoms with van der Waals surface area (Å²) in [7, 11) is 5.24. The third-order valence-corrected chi connectivity index (χ3v) is 8.66. The van der Waals surface area contributed by atoms with Crippen LogP contribution in [-0.2, 0) is 17.8 Å². The van der Waals surface area contributed by atoms with Crippen LogP contribution in [0.15, 0.2) is 131 Å². The molecule has 0 radical (unpaired) electrons. The van der Waals surface area contributed by atoms with Crippen molar-refractivity contribution in [2.24, 2.45) is 0 Å². The highest BCUT2D eigenvalue weighted by Gasteiger charge is 2.17. The van der Waals surface area contributed by atoms with Gasteiger partial charge in [0.1, 0.15) is 22.9 Å². The Bertz CT molecular complexity index is 2620. The van der Waals surface area contributed by atoms with Crippen LogP contribution in [0, 0.1) is 20.2 Å². The molecule has 6 aromatic rings. The maximum absolute atomic E-state index is 12.3. The van der Waals surface area contributed by atoms with Gasteiger partial charge in [-0.1, -0.05) is 63.4 Å². The molecule has 0 bridgehead atoms. The minimum atomic E-state index is -1.20. The number of nitro benzene ring substituents is 2. The van der Waals surface area contributed by atoms with Gasteiger partial charge in [0.05, 0.1) is 44.3 Å². The summed E-state index contributed by atoms with van der Waals surface area (Å²) in [5, 5.41) is 38.5. The maximum atomic E-state index is 12.3. The first-order chi connectivity index (χ1) is 28.3. The largest absolute Gasteiger partial charge is 0.496 e. The molecule has 0 saturated heterocycles. The van der Waals surface area contributed by atoms with Crippen LogP contribution in [0.4, 0.5) is 11.4 Å². The van der Waals surface area contributed by atoms with Gasteiger partial charge in [0, 0.05) is 54.6 Å². The van der Waals surface area contributed by atoms with Crippen molar-refractivity contribution in [3.05, 3.63) is 185 Å². The van der Waals surface area contributed by atoms with Crippen LogP contribution in [-0.4, -0.2) is 69.6 Å². The van der Waals surface area contributed by atoms with Gasteiger partial charge in [-0.15, -0.1) is 0 Å². The van der Waals surface area contributed by atoms with Crippen LogP contribution in [0.1, 0.15) is 47.0 Å². The Balaban J connectivity index is 0.000000392. The summed E-state index contributed by atoms with van der Waals surface area (Å²) in [6, 6.07) is 31.1. The molecule has 4 aromatic carbocycles. The van der Waals surface area contributed by atoms with Crippen molar-refractivity contribution in [3.8, 4) is 33.8 Å². The van der Waals surface area contributed by atoms with Crippen LogP contribution >= 0.6 is 0 Å². The number of aromatic nitrogens is 2. The molecule has 0 unspecified atom stereocenters. The van der Waals surface area contributed by atoms with Crippen molar-refractivity contribution >= 4 is 23.3 Å². The van der Waals surface area contributed by atoms with Crippen LogP contribution in [0.3, 0.4) is 0 Å². The molecule has 0 spiro atoms. The van der Waals surface area contributed by atoms with E-state index < -0.39 is 27.3 Å². The molecule has 6 rings (SSSR count). The zero-order chi connectivity index (χ0) is 43.2. The van der Waals surface area contributed by atoms with Gasteiger partial charge in [-0.25, -0.2) is 9.59 Å². The third-order valence-electron chi connectivity index (χ3n) is 8.66. The number of rotatable bonds is 12. The lowest BCUT2D eigenvalue weighted by Gasteiger charge is -2.14. The van der Waals surface area contributed by atoms with E-state index >= 15 is 0 Å².